The van der Waals surface area contributed by atoms with Crippen LogP contribution in [0.2, 0.25) is 0 Å². The van der Waals surface area contributed by atoms with Gasteiger partial charge in [-0.25, -0.2) is 0 Å². The van der Waals surface area contributed by atoms with Gasteiger partial charge in [0.25, 0.3) is 0 Å². The number of aryl methyl sites for hydroxylation is 1. The molecule has 0 saturated carbocycles. The fourth-order valence-corrected chi connectivity index (χ4v) is 3.77. The first-order chi connectivity index (χ1) is 13.3. The summed E-state index contributed by atoms with van der Waals surface area (Å²) in [5.41, 5.74) is 6.98. The lowest BCUT2D eigenvalue weighted by Crippen LogP contribution is -2.42. The molecule has 0 atom stereocenters. The molecule has 3 rings (SSSR count). The predicted molar refractivity (Wildman–Crippen MR) is 109 cm³/mol. The van der Waals surface area contributed by atoms with E-state index in [1.165, 1.54) is 0 Å². The molecule has 1 aliphatic rings. The fourth-order valence-electron chi connectivity index (χ4n) is 2.86. The third-order valence-electron chi connectivity index (χ3n) is 4.47. The molecule has 2 heterocycles. The zero-order valence-electron chi connectivity index (χ0n) is 15.8. The molecule has 27 heavy (non-hydrogen) atoms. The Hall–Kier alpha value is -2.22. The lowest BCUT2D eigenvalue weighted by molar-refractivity contribution is 0.374. The number of rotatable bonds is 8. The highest BCUT2D eigenvalue weighted by Crippen LogP contribution is 2.20. The van der Waals surface area contributed by atoms with Gasteiger partial charge in [0.05, 0.1) is 7.11 Å². The molecule has 2 N–H and O–H groups in total. The highest BCUT2D eigenvalue weighted by atomic mass is 32.2. The number of aromatic nitrogens is 2. The molecule has 0 amide bonds. The van der Waals surface area contributed by atoms with Crippen LogP contribution in [0.3, 0.4) is 0 Å². The molecule has 2 aromatic rings. The second kappa shape index (κ2) is 10.2. The van der Waals surface area contributed by atoms with E-state index in [0.717, 1.165) is 68.1 Å². The standard InChI is InChI=1S/C19H27N5O2S/c1-25-16-8-6-15(7-9-16)18-22-17(26-23-18)5-3-2-4-10-21-19(20)24-11-13-27-14-12-24/h6-9H,2-5,10-14H2,1H3,(H2,20,21). The zero-order valence-corrected chi connectivity index (χ0v) is 16.6. The van der Waals surface area contributed by atoms with Gasteiger partial charge in [0.2, 0.25) is 11.7 Å². The van der Waals surface area contributed by atoms with Crippen LogP contribution in [0.25, 0.3) is 11.4 Å². The van der Waals surface area contributed by atoms with E-state index in [9.17, 15) is 0 Å². The number of unbranched alkanes of at least 4 members (excludes halogenated alkanes) is 2. The van der Waals surface area contributed by atoms with Gasteiger partial charge in [0, 0.05) is 43.1 Å². The van der Waals surface area contributed by atoms with E-state index >= 15 is 0 Å². The lowest BCUT2D eigenvalue weighted by Gasteiger charge is -2.27. The number of guanidine groups is 1. The second-order valence-electron chi connectivity index (χ2n) is 6.39. The highest BCUT2D eigenvalue weighted by molar-refractivity contribution is 7.99. The maximum Gasteiger partial charge on any atom is 0.226 e. The maximum atomic E-state index is 6.06. The molecular formula is C19H27N5O2S. The van der Waals surface area contributed by atoms with E-state index in [1.807, 2.05) is 36.0 Å². The van der Waals surface area contributed by atoms with Gasteiger partial charge < -0.3 is 19.9 Å². The normalized spacial score (nSPS) is 15.1. The van der Waals surface area contributed by atoms with Crippen LogP contribution in [0.5, 0.6) is 5.75 Å². The average Bonchev–Trinajstić information content (AvgIpc) is 3.20. The number of methoxy groups -OCH3 is 1. The quantitative estimate of drug-likeness (QED) is 0.422. The smallest absolute Gasteiger partial charge is 0.226 e. The molecular weight excluding hydrogens is 362 g/mol. The fraction of sp³-hybridized carbons (Fsp3) is 0.526. The van der Waals surface area contributed by atoms with Gasteiger partial charge in [-0.3, -0.25) is 4.99 Å². The van der Waals surface area contributed by atoms with Crippen LogP contribution in [0.1, 0.15) is 25.2 Å². The summed E-state index contributed by atoms with van der Waals surface area (Å²) in [6.45, 7) is 2.79. The summed E-state index contributed by atoms with van der Waals surface area (Å²) in [6.07, 6.45) is 3.86. The molecule has 1 aromatic carbocycles. The molecule has 0 spiro atoms. The number of hydrogen-bond acceptors (Lipinski definition) is 6. The lowest BCUT2D eigenvalue weighted by atomic mass is 10.2. The number of ether oxygens (including phenoxy) is 1. The molecule has 0 radical (unpaired) electrons. The monoisotopic (exact) mass is 389 g/mol. The SMILES string of the molecule is COc1ccc(-c2noc(CCCCCN=C(N)N3CCSCC3)n2)cc1. The second-order valence-corrected chi connectivity index (χ2v) is 7.61. The molecule has 1 fully saturated rings. The molecule has 1 aromatic heterocycles. The number of benzene rings is 1. The first-order valence-electron chi connectivity index (χ1n) is 9.36. The Kier molecular flexibility index (Phi) is 7.38. The van der Waals surface area contributed by atoms with Crippen molar-refractivity contribution in [2.24, 2.45) is 10.7 Å². The molecule has 0 aliphatic carbocycles. The summed E-state index contributed by atoms with van der Waals surface area (Å²) in [4.78, 5) is 11.1. The van der Waals surface area contributed by atoms with Crippen molar-refractivity contribution in [1.82, 2.24) is 15.0 Å². The molecule has 1 saturated heterocycles. The van der Waals surface area contributed by atoms with Crippen molar-refractivity contribution in [2.45, 2.75) is 25.7 Å². The number of nitrogens with two attached hydrogens (primary N) is 1. The van der Waals surface area contributed by atoms with Crippen molar-refractivity contribution >= 4 is 17.7 Å². The Morgan fingerprint density at radius 3 is 2.74 bits per heavy atom. The van der Waals surface area contributed by atoms with E-state index in [4.69, 9.17) is 15.0 Å². The summed E-state index contributed by atoms with van der Waals surface area (Å²) >= 11 is 1.97. The molecule has 1 aliphatic heterocycles. The van der Waals surface area contributed by atoms with Crippen LogP contribution in [0, 0.1) is 0 Å². The van der Waals surface area contributed by atoms with Crippen molar-refractivity contribution in [3.05, 3.63) is 30.2 Å². The summed E-state index contributed by atoms with van der Waals surface area (Å²) in [7, 11) is 1.65. The van der Waals surface area contributed by atoms with E-state index < -0.39 is 0 Å². The van der Waals surface area contributed by atoms with E-state index in [0.29, 0.717) is 17.7 Å². The third-order valence-corrected chi connectivity index (χ3v) is 5.42. The van der Waals surface area contributed by atoms with Gasteiger partial charge in [0.15, 0.2) is 5.96 Å². The van der Waals surface area contributed by atoms with Gasteiger partial charge in [0.1, 0.15) is 5.75 Å². The van der Waals surface area contributed by atoms with Gasteiger partial charge in [-0.2, -0.15) is 16.7 Å². The van der Waals surface area contributed by atoms with Crippen LogP contribution in [0.4, 0.5) is 0 Å². The Morgan fingerprint density at radius 1 is 1.22 bits per heavy atom. The predicted octanol–water partition coefficient (Wildman–Crippen LogP) is 2.82. The number of nitrogens with zero attached hydrogens (tertiary/aromatic N) is 4. The number of aliphatic imine (C=N–C) groups is 1. The van der Waals surface area contributed by atoms with Crippen LogP contribution >= 0.6 is 11.8 Å². The first-order valence-corrected chi connectivity index (χ1v) is 10.5. The van der Waals surface area contributed by atoms with Crippen LogP contribution in [0.15, 0.2) is 33.8 Å². The van der Waals surface area contributed by atoms with Crippen molar-refractivity contribution in [3.63, 3.8) is 0 Å². The van der Waals surface area contributed by atoms with Crippen molar-refractivity contribution in [2.75, 3.05) is 38.2 Å². The Balaban J connectivity index is 1.36. The Bertz CT molecular complexity index is 726. The minimum atomic E-state index is 0.615. The summed E-state index contributed by atoms with van der Waals surface area (Å²) < 4.78 is 10.5. The van der Waals surface area contributed by atoms with E-state index in [1.54, 1.807) is 7.11 Å². The maximum absolute atomic E-state index is 6.06. The van der Waals surface area contributed by atoms with E-state index in [-0.39, 0.29) is 0 Å². The summed E-state index contributed by atoms with van der Waals surface area (Å²) in [5, 5.41) is 4.06. The van der Waals surface area contributed by atoms with E-state index in [2.05, 4.69) is 20.0 Å². The van der Waals surface area contributed by atoms with Gasteiger partial charge in [-0.1, -0.05) is 11.6 Å². The number of thioether (sulfide) groups is 1. The molecule has 146 valence electrons. The minimum Gasteiger partial charge on any atom is -0.497 e. The molecule has 8 heteroatoms. The molecule has 0 unspecified atom stereocenters. The van der Waals surface area contributed by atoms with Crippen molar-refractivity contribution in [1.29, 1.82) is 0 Å². The number of hydrogen-bond donors (Lipinski definition) is 1. The van der Waals surface area contributed by atoms with Crippen LogP contribution in [-0.4, -0.2) is 59.2 Å². The minimum absolute atomic E-state index is 0.615. The van der Waals surface area contributed by atoms with Gasteiger partial charge >= 0.3 is 0 Å². The molecule has 7 nitrogen and oxygen atoms in total. The van der Waals surface area contributed by atoms with Crippen LogP contribution in [-0.2, 0) is 6.42 Å². The summed E-state index contributed by atoms with van der Waals surface area (Å²) in [6, 6.07) is 7.63. The Labute approximate surface area is 164 Å². The van der Waals surface area contributed by atoms with Gasteiger partial charge in [-0.05, 0) is 37.1 Å². The highest BCUT2D eigenvalue weighted by Gasteiger charge is 2.12. The molecule has 0 bridgehead atoms. The topological polar surface area (TPSA) is 89.8 Å². The average molecular weight is 390 g/mol. The van der Waals surface area contributed by atoms with Crippen molar-refractivity contribution in [3.8, 4) is 17.1 Å². The van der Waals surface area contributed by atoms with Gasteiger partial charge in [-0.15, -0.1) is 0 Å². The first kappa shape index (κ1) is 19.5. The van der Waals surface area contributed by atoms with Crippen molar-refractivity contribution < 1.29 is 9.26 Å². The zero-order chi connectivity index (χ0) is 18.9. The van der Waals surface area contributed by atoms with Crippen LogP contribution < -0.4 is 10.5 Å². The third kappa shape index (κ3) is 5.89. The largest absolute Gasteiger partial charge is 0.497 e. The summed E-state index contributed by atoms with van der Waals surface area (Å²) in [5.74, 6) is 5.07. The Morgan fingerprint density at radius 2 is 2.00 bits per heavy atom.